The summed E-state index contributed by atoms with van der Waals surface area (Å²) in [5, 5.41) is 15.7. The second-order valence-corrected chi connectivity index (χ2v) is 10.0. The summed E-state index contributed by atoms with van der Waals surface area (Å²) in [5.74, 6) is 1.72. The van der Waals surface area contributed by atoms with Crippen LogP contribution >= 0.6 is 0 Å². The fourth-order valence-electron chi connectivity index (χ4n) is 6.35. The lowest BCUT2D eigenvalue weighted by molar-refractivity contribution is -0.633. The van der Waals surface area contributed by atoms with Crippen molar-refractivity contribution < 1.29 is 9.30 Å². The third-order valence-electron chi connectivity index (χ3n) is 7.99. The van der Waals surface area contributed by atoms with Crippen molar-refractivity contribution in [2.75, 3.05) is 0 Å². The molecule has 0 N–H and O–H groups in total. The van der Waals surface area contributed by atoms with Crippen LogP contribution in [0, 0.1) is 18.3 Å². The molecule has 8 rings (SSSR count). The minimum absolute atomic E-state index is 0.658. The Morgan fingerprint density at radius 2 is 1.61 bits per heavy atom. The Labute approximate surface area is 219 Å². The minimum atomic E-state index is 0.658. The number of aromatic nitrogens is 2. The van der Waals surface area contributed by atoms with E-state index in [1.54, 1.807) is 0 Å². The van der Waals surface area contributed by atoms with Crippen molar-refractivity contribution in [1.82, 2.24) is 4.57 Å². The monoisotopic (exact) mass is 488 g/mol. The second kappa shape index (κ2) is 7.44. The number of fused-ring (bicyclic) bond motifs is 6. The summed E-state index contributed by atoms with van der Waals surface area (Å²) in [4.78, 5) is 0. The molecule has 0 aliphatic carbocycles. The largest absolute Gasteiger partial charge is 0.450 e. The topological polar surface area (TPSA) is 41.8 Å². The number of nitrogens with zero attached hydrogens (tertiary/aromatic N) is 3. The minimum Gasteiger partial charge on any atom is -0.450 e. The number of aryl methyl sites for hydroxylation is 2. The molecule has 0 radical (unpaired) electrons. The third-order valence-corrected chi connectivity index (χ3v) is 7.99. The van der Waals surface area contributed by atoms with Crippen LogP contribution in [0.25, 0.3) is 60.4 Å². The van der Waals surface area contributed by atoms with Gasteiger partial charge >= 0.3 is 0 Å². The quantitative estimate of drug-likeness (QED) is 0.221. The Kier molecular flexibility index (Phi) is 4.11. The molecule has 0 fully saturated rings. The van der Waals surface area contributed by atoms with Gasteiger partial charge in [0.15, 0.2) is 5.75 Å². The molecule has 0 saturated carbocycles. The second-order valence-electron chi connectivity index (χ2n) is 10.0. The maximum atomic E-state index is 10.1. The SMILES string of the molecule is Cc1ccc2cccc3c2c1-c1c(cc2c(-n4c5ccccc5c5cccc(C#N)c54)cccc2[n+]1C)O3. The van der Waals surface area contributed by atoms with Gasteiger partial charge in [0.1, 0.15) is 18.9 Å². The standard InChI is InChI=1S/C34H22N3O/c1-20-16-17-21-8-6-15-29-32(21)31(20)34-30(38-29)18-25-26(36(34)2)13-7-14-28(25)37-27-12-4-3-10-23(27)24-11-5-9-22(19-35)33(24)37/h3-18H,1-2H3/q+1. The molecular formula is C34H22N3O+. The van der Waals surface area contributed by atoms with E-state index in [-0.39, 0.29) is 0 Å². The van der Waals surface area contributed by atoms with E-state index < -0.39 is 0 Å². The fraction of sp³-hybridized carbons (Fsp3) is 0.0588. The van der Waals surface area contributed by atoms with Crippen molar-refractivity contribution in [2.45, 2.75) is 6.92 Å². The lowest BCUT2D eigenvalue weighted by Gasteiger charge is -2.22. The maximum absolute atomic E-state index is 10.1. The molecule has 1 aliphatic rings. The maximum Gasteiger partial charge on any atom is 0.256 e. The van der Waals surface area contributed by atoms with Crippen LogP contribution in [0.5, 0.6) is 11.5 Å². The average molecular weight is 489 g/mol. The molecule has 7 aromatic rings. The van der Waals surface area contributed by atoms with Gasteiger partial charge in [-0.05, 0) is 42.1 Å². The van der Waals surface area contributed by atoms with Crippen LogP contribution in [0.3, 0.4) is 0 Å². The van der Waals surface area contributed by atoms with Crippen molar-refractivity contribution in [3.63, 3.8) is 0 Å². The Morgan fingerprint density at radius 1 is 0.789 bits per heavy atom. The molecule has 0 atom stereocenters. The number of rotatable bonds is 1. The van der Waals surface area contributed by atoms with E-state index >= 15 is 0 Å². The molecule has 0 spiro atoms. The summed E-state index contributed by atoms with van der Waals surface area (Å²) in [5.41, 5.74) is 8.30. The Bertz CT molecular complexity index is 2200. The lowest BCUT2D eigenvalue weighted by atomic mass is 9.93. The van der Waals surface area contributed by atoms with Gasteiger partial charge in [-0.25, -0.2) is 0 Å². The molecule has 5 aromatic carbocycles. The number of nitriles is 1. The highest BCUT2D eigenvalue weighted by Gasteiger charge is 2.31. The molecule has 1 aliphatic heterocycles. The van der Waals surface area contributed by atoms with Crippen LogP contribution < -0.4 is 9.30 Å². The van der Waals surface area contributed by atoms with Gasteiger partial charge in [0.25, 0.3) is 5.69 Å². The van der Waals surface area contributed by atoms with Crippen molar-refractivity contribution >= 4 is 43.5 Å². The molecule has 0 amide bonds. The predicted octanol–water partition coefficient (Wildman–Crippen LogP) is 7.87. The molecule has 0 unspecified atom stereocenters. The zero-order chi connectivity index (χ0) is 25.5. The molecule has 3 heterocycles. The Morgan fingerprint density at radius 3 is 2.50 bits per heavy atom. The van der Waals surface area contributed by atoms with Crippen LogP contribution in [-0.4, -0.2) is 4.57 Å². The van der Waals surface area contributed by atoms with Crippen molar-refractivity contribution in [3.8, 4) is 34.5 Å². The van der Waals surface area contributed by atoms with Crippen molar-refractivity contribution in [3.05, 3.63) is 108 Å². The van der Waals surface area contributed by atoms with Crippen LogP contribution in [0.4, 0.5) is 0 Å². The number of para-hydroxylation sites is 2. The summed E-state index contributed by atoms with van der Waals surface area (Å²) in [6, 6.07) is 35.9. The van der Waals surface area contributed by atoms with Crippen LogP contribution in [0.15, 0.2) is 97.1 Å². The summed E-state index contributed by atoms with van der Waals surface area (Å²) < 4.78 is 11.1. The number of hydrogen-bond donors (Lipinski definition) is 0. The van der Waals surface area contributed by atoms with Gasteiger partial charge in [0.2, 0.25) is 5.52 Å². The predicted molar refractivity (Wildman–Crippen MR) is 152 cm³/mol. The van der Waals surface area contributed by atoms with Gasteiger partial charge in [-0.3, -0.25) is 0 Å². The number of hydrogen-bond acceptors (Lipinski definition) is 2. The van der Waals surface area contributed by atoms with E-state index in [0.29, 0.717) is 5.56 Å². The highest BCUT2D eigenvalue weighted by Crippen LogP contribution is 2.47. The Balaban J connectivity index is 1.52. The average Bonchev–Trinajstić information content (AvgIpc) is 3.29. The van der Waals surface area contributed by atoms with Crippen LogP contribution in [-0.2, 0) is 7.05 Å². The first-order chi connectivity index (χ1) is 18.7. The van der Waals surface area contributed by atoms with Crippen LogP contribution in [0.1, 0.15) is 11.1 Å². The van der Waals surface area contributed by atoms with Gasteiger partial charge < -0.3 is 9.30 Å². The first kappa shape index (κ1) is 21.0. The van der Waals surface area contributed by atoms with Gasteiger partial charge in [-0.15, -0.1) is 0 Å². The van der Waals surface area contributed by atoms with E-state index in [9.17, 15) is 5.26 Å². The number of ether oxygens (including phenoxy) is 1. The van der Waals surface area contributed by atoms with Gasteiger partial charge in [-0.1, -0.05) is 60.7 Å². The first-order valence-corrected chi connectivity index (χ1v) is 12.7. The number of benzene rings is 5. The molecular weight excluding hydrogens is 466 g/mol. The summed E-state index contributed by atoms with van der Waals surface area (Å²) in [6.07, 6.45) is 0. The van der Waals surface area contributed by atoms with E-state index in [1.807, 2.05) is 12.1 Å². The van der Waals surface area contributed by atoms with Crippen molar-refractivity contribution in [2.24, 2.45) is 7.05 Å². The van der Waals surface area contributed by atoms with Crippen molar-refractivity contribution in [1.29, 1.82) is 5.26 Å². The first-order valence-electron chi connectivity index (χ1n) is 12.7. The molecule has 2 aromatic heterocycles. The zero-order valence-corrected chi connectivity index (χ0v) is 21.0. The summed E-state index contributed by atoms with van der Waals surface area (Å²) >= 11 is 0. The number of pyridine rings is 1. The molecule has 0 bridgehead atoms. The Hall–Kier alpha value is -5.14. The lowest BCUT2D eigenvalue weighted by Crippen LogP contribution is -2.33. The zero-order valence-electron chi connectivity index (χ0n) is 21.0. The molecule has 4 heteroatoms. The molecule has 0 saturated heterocycles. The fourth-order valence-corrected chi connectivity index (χ4v) is 6.35. The van der Waals surface area contributed by atoms with Gasteiger partial charge in [0, 0.05) is 28.3 Å². The highest BCUT2D eigenvalue weighted by molar-refractivity contribution is 6.12. The van der Waals surface area contributed by atoms with E-state index in [0.717, 1.165) is 61.0 Å². The normalized spacial score (nSPS) is 12.1. The smallest absolute Gasteiger partial charge is 0.256 e. The third kappa shape index (κ3) is 2.60. The van der Waals surface area contributed by atoms with Gasteiger partial charge in [0.05, 0.1) is 33.2 Å². The van der Waals surface area contributed by atoms with Crippen LogP contribution in [0.2, 0.25) is 0 Å². The summed E-state index contributed by atoms with van der Waals surface area (Å²) in [7, 11) is 2.12. The highest BCUT2D eigenvalue weighted by atomic mass is 16.5. The van der Waals surface area contributed by atoms with E-state index in [4.69, 9.17) is 4.74 Å². The molecule has 38 heavy (non-hydrogen) atoms. The van der Waals surface area contributed by atoms with E-state index in [2.05, 4.69) is 114 Å². The van der Waals surface area contributed by atoms with Gasteiger partial charge in [-0.2, -0.15) is 9.83 Å². The molecule has 4 nitrogen and oxygen atoms in total. The molecule has 178 valence electrons. The van der Waals surface area contributed by atoms with E-state index in [1.165, 1.54) is 16.5 Å². The summed E-state index contributed by atoms with van der Waals surface area (Å²) in [6.45, 7) is 2.17.